The van der Waals surface area contributed by atoms with E-state index in [1.165, 1.54) is 0 Å². The number of hydrogen-bond acceptors (Lipinski definition) is 6. The van der Waals surface area contributed by atoms with Crippen LogP contribution in [-0.4, -0.2) is 37.7 Å². The molecule has 0 radical (unpaired) electrons. The maximum atomic E-state index is 12.2. The molecule has 6 heteroatoms. The van der Waals surface area contributed by atoms with Crippen molar-refractivity contribution in [1.29, 1.82) is 0 Å². The summed E-state index contributed by atoms with van der Waals surface area (Å²) >= 11 is 0. The van der Waals surface area contributed by atoms with Crippen molar-refractivity contribution in [3.8, 4) is 0 Å². The van der Waals surface area contributed by atoms with E-state index in [9.17, 15) is 14.4 Å². The summed E-state index contributed by atoms with van der Waals surface area (Å²) in [6.45, 7) is 4.35. The molecule has 0 aliphatic heterocycles. The fraction of sp³-hybridized carbons (Fsp3) is 0.833. The standard InChI is InChI=1S/C18H30O6/c1-3-5-11-22-16(19)13-24-18(21)15-10-8-7-9-14(15)17(20)23-12-6-4-2/h14-15H,3-13H2,1-2H3. The van der Waals surface area contributed by atoms with Gasteiger partial charge in [0.15, 0.2) is 6.61 Å². The highest BCUT2D eigenvalue weighted by atomic mass is 16.6. The normalized spacial score (nSPS) is 20.2. The van der Waals surface area contributed by atoms with Gasteiger partial charge in [-0.1, -0.05) is 39.5 Å². The molecule has 0 bridgehead atoms. The molecule has 0 aromatic carbocycles. The summed E-state index contributed by atoms with van der Waals surface area (Å²) in [6.07, 6.45) is 6.48. The van der Waals surface area contributed by atoms with Crippen molar-refractivity contribution in [1.82, 2.24) is 0 Å². The summed E-state index contributed by atoms with van der Waals surface area (Å²) < 4.78 is 15.3. The van der Waals surface area contributed by atoms with Crippen LogP contribution in [0.3, 0.4) is 0 Å². The predicted octanol–water partition coefficient (Wildman–Crippen LogP) is 3.02. The molecule has 1 saturated carbocycles. The molecular weight excluding hydrogens is 312 g/mol. The molecule has 0 aromatic heterocycles. The van der Waals surface area contributed by atoms with Gasteiger partial charge in [0.05, 0.1) is 25.0 Å². The van der Waals surface area contributed by atoms with Gasteiger partial charge in [0, 0.05) is 0 Å². The fourth-order valence-electron chi connectivity index (χ4n) is 2.73. The third-order valence-electron chi connectivity index (χ3n) is 4.21. The second-order valence-electron chi connectivity index (χ2n) is 6.20. The van der Waals surface area contributed by atoms with Crippen molar-refractivity contribution >= 4 is 17.9 Å². The minimum Gasteiger partial charge on any atom is -0.465 e. The lowest BCUT2D eigenvalue weighted by Gasteiger charge is -2.28. The molecule has 1 fully saturated rings. The first kappa shape index (κ1) is 20.5. The molecule has 138 valence electrons. The van der Waals surface area contributed by atoms with Crippen LogP contribution in [0.4, 0.5) is 0 Å². The topological polar surface area (TPSA) is 78.9 Å². The van der Waals surface area contributed by atoms with Crippen LogP contribution in [0.15, 0.2) is 0 Å². The molecule has 1 aliphatic carbocycles. The van der Waals surface area contributed by atoms with Gasteiger partial charge in [-0.15, -0.1) is 0 Å². The Morgan fingerprint density at radius 1 is 0.792 bits per heavy atom. The van der Waals surface area contributed by atoms with E-state index >= 15 is 0 Å². The quantitative estimate of drug-likeness (QED) is 0.345. The van der Waals surface area contributed by atoms with Gasteiger partial charge >= 0.3 is 17.9 Å². The summed E-state index contributed by atoms with van der Waals surface area (Å²) in [5, 5.41) is 0. The van der Waals surface area contributed by atoms with Crippen LogP contribution >= 0.6 is 0 Å². The SMILES string of the molecule is CCCCOC(=O)COC(=O)C1CCCCC1C(=O)OCCCC. The zero-order valence-corrected chi connectivity index (χ0v) is 14.9. The van der Waals surface area contributed by atoms with Gasteiger partial charge in [-0.2, -0.15) is 0 Å². The van der Waals surface area contributed by atoms with E-state index in [1.807, 2.05) is 13.8 Å². The third kappa shape index (κ3) is 7.32. The van der Waals surface area contributed by atoms with Crippen LogP contribution in [0.5, 0.6) is 0 Å². The zero-order chi connectivity index (χ0) is 17.8. The lowest BCUT2D eigenvalue weighted by atomic mass is 9.79. The highest BCUT2D eigenvalue weighted by Gasteiger charge is 2.38. The van der Waals surface area contributed by atoms with Crippen LogP contribution in [0, 0.1) is 11.8 Å². The zero-order valence-electron chi connectivity index (χ0n) is 14.9. The molecule has 0 spiro atoms. The molecule has 0 amide bonds. The van der Waals surface area contributed by atoms with Gasteiger partial charge < -0.3 is 14.2 Å². The Labute approximate surface area is 144 Å². The van der Waals surface area contributed by atoms with Crippen LogP contribution in [-0.2, 0) is 28.6 Å². The summed E-state index contributed by atoms with van der Waals surface area (Å²) in [5.41, 5.74) is 0. The second kappa shape index (κ2) is 11.9. The molecule has 2 atom stereocenters. The second-order valence-corrected chi connectivity index (χ2v) is 6.20. The Morgan fingerprint density at radius 3 is 1.83 bits per heavy atom. The minimum absolute atomic E-state index is 0.323. The molecule has 0 saturated heterocycles. The number of carbonyl (C=O) groups is 3. The van der Waals surface area contributed by atoms with Gasteiger partial charge in [0.2, 0.25) is 0 Å². The number of rotatable bonds is 10. The number of hydrogen-bond donors (Lipinski definition) is 0. The van der Waals surface area contributed by atoms with E-state index in [1.54, 1.807) is 0 Å². The van der Waals surface area contributed by atoms with Gasteiger partial charge in [-0.3, -0.25) is 9.59 Å². The maximum absolute atomic E-state index is 12.2. The van der Waals surface area contributed by atoms with Crippen LogP contribution in [0.2, 0.25) is 0 Å². The summed E-state index contributed by atoms with van der Waals surface area (Å²) in [5.74, 6) is -2.35. The molecule has 24 heavy (non-hydrogen) atoms. The first-order chi connectivity index (χ1) is 11.6. The Bertz CT molecular complexity index is 406. The summed E-state index contributed by atoms with van der Waals surface area (Å²) in [4.78, 5) is 35.9. The van der Waals surface area contributed by atoms with Crippen LogP contribution in [0.1, 0.15) is 65.2 Å². The van der Waals surface area contributed by atoms with E-state index in [0.717, 1.165) is 38.5 Å². The average Bonchev–Trinajstić information content (AvgIpc) is 2.60. The third-order valence-corrected chi connectivity index (χ3v) is 4.21. The molecule has 2 unspecified atom stereocenters. The molecule has 0 aromatic rings. The molecule has 6 nitrogen and oxygen atoms in total. The Morgan fingerprint density at radius 2 is 1.29 bits per heavy atom. The van der Waals surface area contributed by atoms with Crippen LogP contribution in [0.25, 0.3) is 0 Å². The van der Waals surface area contributed by atoms with E-state index in [2.05, 4.69) is 0 Å². The minimum atomic E-state index is -0.547. The van der Waals surface area contributed by atoms with E-state index in [-0.39, 0.29) is 5.97 Å². The van der Waals surface area contributed by atoms with Crippen LogP contribution < -0.4 is 0 Å². The van der Waals surface area contributed by atoms with Gasteiger partial charge in [0.25, 0.3) is 0 Å². The first-order valence-electron chi connectivity index (χ1n) is 9.09. The maximum Gasteiger partial charge on any atom is 0.344 e. The number of esters is 3. The molecule has 1 aliphatic rings. The van der Waals surface area contributed by atoms with Gasteiger partial charge in [-0.05, 0) is 25.7 Å². The molecule has 0 heterocycles. The monoisotopic (exact) mass is 342 g/mol. The van der Waals surface area contributed by atoms with Gasteiger partial charge in [-0.25, -0.2) is 4.79 Å². The van der Waals surface area contributed by atoms with Crippen molar-refractivity contribution in [2.24, 2.45) is 11.8 Å². The van der Waals surface area contributed by atoms with E-state index < -0.39 is 30.4 Å². The Kier molecular flexibility index (Phi) is 10.1. The lowest BCUT2D eigenvalue weighted by molar-refractivity contribution is -0.167. The fourth-order valence-corrected chi connectivity index (χ4v) is 2.73. The molecular formula is C18H30O6. The number of ether oxygens (including phenoxy) is 3. The molecule has 0 N–H and O–H groups in total. The van der Waals surface area contributed by atoms with Crippen molar-refractivity contribution < 1.29 is 28.6 Å². The Hall–Kier alpha value is -1.59. The van der Waals surface area contributed by atoms with Crippen molar-refractivity contribution in [2.75, 3.05) is 19.8 Å². The largest absolute Gasteiger partial charge is 0.465 e. The average molecular weight is 342 g/mol. The van der Waals surface area contributed by atoms with E-state index in [0.29, 0.717) is 26.1 Å². The highest BCUT2D eigenvalue weighted by molar-refractivity contribution is 5.83. The van der Waals surface area contributed by atoms with Crippen molar-refractivity contribution in [2.45, 2.75) is 65.2 Å². The number of unbranched alkanes of at least 4 members (excludes halogenated alkanes) is 2. The smallest absolute Gasteiger partial charge is 0.344 e. The summed E-state index contributed by atoms with van der Waals surface area (Å²) in [6, 6.07) is 0. The van der Waals surface area contributed by atoms with Crippen molar-refractivity contribution in [3.63, 3.8) is 0 Å². The van der Waals surface area contributed by atoms with Crippen molar-refractivity contribution in [3.05, 3.63) is 0 Å². The van der Waals surface area contributed by atoms with E-state index in [4.69, 9.17) is 14.2 Å². The number of carbonyl (C=O) groups excluding carboxylic acids is 3. The Balaban J connectivity index is 2.43. The first-order valence-corrected chi connectivity index (χ1v) is 9.09. The predicted molar refractivity (Wildman–Crippen MR) is 88.1 cm³/mol. The summed E-state index contributed by atoms with van der Waals surface area (Å²) in [7, 11) is 0. The van der Waals surface area contributed by atoms with Gasteiger partial charge in [0.1, 0.15) is 0 Å². The molecule has 1 rings (SSSR count). The highest BCUT2D eigenvalue weighted by Crippen LogP contribution is 2.32. The lowest BCUT2D eigenvalue weighted by Crippen LogP contribution is -2.36.